The number of hydrogen-bond donors (Lipinski definition) is 1. The molecule has 1 aromatic rings. The van der Waals surface area contributed by atoms with E-state index in [1.54, 1.807) is 12.1 Å². The van der Waals surface area contributed by atoms with Crippen LogP contribution in [0.5, 0.6) is 0 Å². The molecule has 0 aliphatic carbocycles. The van der Waals surface area contributed by atoms with Crippen molar-refractivity contribution in [3.63, 3.8) is 0 Å². The maximum absolute atomic E-state index is 10.9. The minimum Gasteiger partial charge on any atom is -0.478 e. The smallest absolute Gasteiger partial charge is 0.335 e. The minimum absolute atomic E-state index is 0.0931. The van der Waals surface area contributed by atoms with Crippen molar-refractivity contribution in [3.8, 4) is 0 Å². The molecule has 1 N–H and O–H groups in total. The van der Waals surface area contributed by atoms with Crippen molar-refractivity contribution >= 4 is 5.97 Å². The Morgan fingerprint density at radius 3 is 2.22 bits per heavy atom. The lowest BCUT2D eigenvalue weighted by Gasteiger charge is -2.39. The van der Waals surface area contributed by atoms with Crippen molar-refractivity contribution in [2.24, 2.45) is 0 Å². The highest BCUT2D eigenvalue weighted by molar-refractivity contribution is 5.87. The summed E-state index contributed by atoms with van der Waals surface area (Å²) in [6.45, 7) is 8.93. The molecule has 0 bridgehead atoms. The second-order valence-corrected chi connectivity index (χ2v) is 7.36. The van der Waals surface area contributed by atoms with Crippen molar-refractivity contribution in [2.75, 3.05) is 26.7 Å². The standard InChI is InChI=1S/C19H30N2O2/c1-19(2,15-21-12-6-4-5-7-13-21)20(3)14-16-8-10-17(11-9-16)18(22)23/h8-11H,4-7,12-15H2,1-3H3,(H,22,23). The molecule has 1 aromatic carbocycles. The zero-order chi connectivity index (χ0) is 16.9. The molecule has 1 aliphatic rings. The first kappa shape index (κ1) is 18.0. The second-order valence-electron chi connectivity index (χ2n) is 7.36. The number of likely N-dealkylation sites (N-methyl/N-ethyl adjacent to an activating group) is 1. The molecule has 1 heterocycles. The third-order valence-electron chi connectivity index (χ3n) is 4.96. The lowest BCUT2D eigenvalue weighted by Crippen LogP contribution is -2.49. The topological polar surface area (TPSA) is 43.8 Å². The second kappa shape index (κ2) is 7.93. The number of carbonyl (C=O) groups is 1. The molecule has 1 saturated heterocycles. The number of likely N-dealkylation sites (tertiary alicyclic amines) is 1. The van der Waals surface area contributed by atoms with E-state index in [2.05, 4.69) is 30.7 Å². The number of carboxylic acids is 1. The molecule has 1 aliphatic heterocycles. The Balaban J connectivity index is 1.94. The monoisotopic (exact) mass is 318 g/mol. The average molecular weight is 318 g/mol. The Labute approximate surface area is 140 Å². The molecule has 4 heteroatoms. The summed E-state index contributed by atoms with van der Waals surface area (Å²) >= 11 is 0. The number of carboxylic acid groups (broad SMARTS) is 1. The van der Waals surface area contributed by atoms with Gasteiger partial charge in [0.05, 0.1) is 5.56 Å². The molecule has 0 amide bonds. The summed E-state index contributed by atoms with van der Waals surface area (Å²) in [6, 6.07) is 7.21. The predicted molar refractivity (Wildman–Crippen MR) is 93.9 cm³/mol. The number of rotatable bonds is 6. The first-order chi connectivity index (χ1) is 10.9. The molecule has 0 unspecified atom stereocenters. The van der Waals surface area contributed by atoms with Gasteiger partial charge in [-0.1, -0.05) is 25.0 Å². The minimum atomic E-state index is -0.869. The van der Waals surface area contributed by atoms with Crippen LogP contribution in [0.2, 0.25) is 0 Å². The maximum atomic E-state index is 10.9. The van der Waals surface area contributed by atoms with Crippen LogP contribution >= 0.6 is 0 Å². The third-order valence-corrected chi connectivity index (χ3v) is 4.96. The Kier molecular flexibility index (Phi) is 6.19. The van der Waals surface area contributed by atoms with Gasteiger partial charge in [-0.2, -0.15) is 0 Å². The molecular weight excluding hydrogens is 288 g/mol. The van der Waals surface area contributed by atoms with Crippen molar-refractivity contribution in [1.29, 1.82) is 0 Å². The summed E-state index contributed by atoms with van der Waals surface area (Å²) in [6.07, 6.45) is 5.36. The van der Waals surface area contributed by atoms with E-state index in [0.717, 1.165) is 18.7 Å². The number of benzene rings is 1. The van der Waals surface area contributed by atoms with Crippen LogP contribution in [0.1, 0.15) is 55.5 Å². The van der Waals surface area contributed by atoms with Crippen LogP contribution in [0.4, 0.5) is 0 Å². The summed E-state index contributed by atoms with van der Waals surface area (Å²) in [5.74, 6) is -0.869. The fourth-order valence-corrected chi connectivity index (χ4v) is 3.20. The lowest BCUT2D eigenvalue weighted by molar-refractivity contribution is 0.0696. The molecule has 23 heavy (non-hydrogen) atoms. The zero-order valence-electron chi connectivity index (χ0n) is 14.7. The molecule has 4 nitrogen and oxygen atoms in total. The predicted octanol–water partition coefficient (Wildman–Crippen LogP) is 3.47. The quantitative estimate of drug-likeness (QED) is 0.872. The van der Waals surface area contributed by atoms with E-state index in [4.69, 9.17) is 5.11 Å². The van der Waals surface area contributed by atoms with E-state index in [9.17, 15) is 4.79 Å². The third kappa shape index (κ3) is 5.33. The molecule has 0 aromatic heterocycles. The van der Waals surface area contributed by atoms with Crippen LogP contribution in [0, 0.1) is 0 Å². The van der Waals surface area contributed by atoms with Crippen molar-refractivity contribution in [3.05, 3.63) is 35.4 Å². The van der Waals surface area contributed by atoms with Crippen molar-refractivity contribution < 1.29 is 9.90 Å². The van der Waals surface area contributed by atoms with Gasteiger partial charge in [0.25, 0.3) is 0 Å². The van der Waals surface area contributed by atoms with E-state index >= 15 is 0 Å². The molecule has 1 fully saturated rings. The van der Waals surface area contributed by atoms with Crippen molar-refractivity contribution in [1.82, 2.24) is 9.80 Å². The fourth-order valence-electron chi connectivity index (χ4n) is 3.20. The molecule has 128 valence electrons. The number of aromatic carboxylic acids is 1. The fraction of sp³-hybridized carbons (Fsp3) is 0.632. The number of hydrogen-bond acceptors (Lipinski definition) is 3. The van der Waals surface area contributed by atoms with Crippen LogP contribution < -0.4 is 0 Å². The first-order valence-corrected chi connectivity index (χ1v) is 8.64. The molecular formula is C19H30N2O2. The summed E-state index contributed by atoms with van der Waals surface area (Å²) in [5, 5.41) is 8.98. The molecule has 0 radical (unpaired) electrons. The van der Waals surface area contributed by atoms with Gasteiger partial charge >= 0.3 is 5.97 Å². The van der Waals surface area contributed by atoms with Gasteiger partial charge in [0.1, 0.15) is 0 Å². The van der Waals surface area contributed by atoms with Gasteiger partial charge in [0.15, 0.2) is 0 Å². The van der Waals surface area contributed by atoms with Gasteiger partial charge in [0.2, 0.25) is 0 Å². The lowest BCUT2D eigenvalue weighted by atomic mass is 10.0. The molecule has 2 rings (SSSR count). The Morgan fingerprint density at radius 2 is 1.70 bits per heavy atom. The largest absolute Gasteiger partial charge is 0.478 e. The van der Waals surface area contributed by atoms with E-state index in [-0.39, 0.29) is 5.54 Å². The van der Waals surface area contributed by atoms with Crippen LogP contribution in [0.15, 0.2) is 24.3 Å². The number of nitrogens with zero attached hydrogens (tertiary/aromatic N) is 2. The van der Waals surface area contributed by atoms with Crippen LogP contribution in [-0.2, 0) is 6.54 Å². The van der Waals surface area contributed by atoms with Gasteiger partial charge in [-0.25, -0.2) is 4.79 Å². The first-order valence-electron chi connectivity index (χ1n) is 8.64. The van der Waals surface area contributed by atoms with E-state index in [0.29, 0.717) is 5.56 Å². The summed E-state index contributed by atoms with van der Waals surface area (Å²) < 4.78 is 0. The normalized spacial score (nSPS) is 17.2. The summed E-state index contributed by atoms with van der Waals surface area (Å²) in [4.78, 5) is 15.9. The average Bonchev–Trinajstić information content (AvgIpc) is 2.76. The van der Waals surface area contributed by atoms with Gasteiger partial charge in [-0.3, -0.25) is 4.90 Å². The molecule has 0 atom stereocenters. The highest BCUT2D eigenvalue weighted by Gasteiger charge is 2.26. The Hall–Kier alpha value is -1.39. The Morgan fingerprint density at radius 1 is 1.13 bits per heavy atom. The van der Waals surface area contributed by atoms with Gasteiger partial charge in [-0.15, -0.1) is 0 Å². The molecule has 0 saturated carbocycles. The van der Waals surface area contributed by atoms with Gasteiger partial charge < -0.3 is 10.0 Å². The summed E-state index contributed by atoms with van der Waals surface area (Å²) in [5.41, 5.74) is 1.59. The van der Waals surface area contributed by atoms with Crippen LogP contribution in [-0.4, -0.2) is 53.1 Å². The van der Waals surface area contributed by atoms with E-state index in [1.807, 2.05) is 12.1 Å². The maximum Gasteiger partial charge on any atom is 0.335 e. The Bertz CT molecular complexity index is 503. The SMILES string of the molecule is CN(Cc1ccc(C(=O)O)cc1)C(C)(C)CN1CCCCCC1. The van der Waals surface area contributed by atoms with Crippen LogP contribution in [0.3, 0.4) is 0 Å². The highest BCUT2D eigenvalue weighted by atomic mass is 16.4. The highest BCUT2D eigenvalue weighted by Crippen LogP contribution is 2.20. The summed E-state index contributed by atoms with van der Waals surface area (Å²) in [7, 11) is 2.16. The van der Waals surface area contributed by atoms with Crippen LogP contribution in [0.25, 0.3) is 0 Å². The van der Waals surface area contributed by atoms with Gasteiger partial charge in [0, 0.05) is 18.6 Å². The van der Waals surface area contributed by atoms with E-state index < -0.39 is 5.97 Å². The van der Waals surface area contributed by atoms with Gasteiger partial charge in [-0.05, 0) is 64.5 Å². The molecule has 0 spiro atoms. The van der Waals surface area contributed by atoms with Crippen molar-refractivity contribution in [2.45, 2.75) is 51.6 Å². The van der Waals surface area contributed by atoms with E-state index in [1.165, 1.54) is 38.8 Å². The zero-order valence-corrected chi connectivity index (χ0v) is 14.7.